The Morgan fingerprint density at radius 2 is 1.81 bits per heavy atom. The Bertz CT molecular complexity index is 802. The highest BCUT2D eigenvalue weighted by Gasteiger charge is 2.31. The summed E-state index contributed by atoms with van der Waals surface area (Å²) in [6.07, 6.45) is -2.02. The summed E-state index contributed by atoms with van der Waals surface area (Å²) in [6.45, 7) is 0.342. The number of anilines is 1. The van der Waals surface area contributed by atoms with Crippen molar-refractivity contribution < 1.29 is 31.8 Å². The number of amides is 1. The number of rotatable bonds is 7. The van der Waals surface area contributed by atoms with Crippen LogP contribution >= 0.6 is 0 Å². The first-order valence-corrected chi connectivity index (χ1v) is 7.87. The number of halogens is 4. The molecule has 0 aliphatic carbocycles. The van der Waals surface area contributed by atoms with E-state index in [1.807, 2.05) is 0 Å². The zero-order valence-electron chi connectivity index (χ0n) is 14.3. The van der Waals surface area contributed by atoms with E-state index in [2.05, 4.69) is 5.32 Å². The first-order valence-electron chi connectivity index (χ1n) is 7.87. The molecular weight excluding hydrogens is 366 g/mol. The van der Waals surface area contributed by atoms with Gasteiger partial charge in [-0.15, -0.1) is 0 Å². The molecule has 0 unspecified atom stereocenters. The summed E-state index contributed by atoms with van der Waals surface area (Å²) in [5.74, 6) is -0.989. The molecule has 2 aromatic carbocycles. The molecule has 0 aliphatic heterocycles. The van der Waals surface area contributed by atoms with Gasteiger partial charge < -0.3 is 14.8 Å². The van der Waals surface area contributed by atoms with E-state index in [4.69, 9.17) is 9.47 Å². The Morgan fingerprint density at radius 1 is 1.11 bits per heavy atom. The number of methoxy groups -OCH3 is 1. The number of hydrogen-bond donors (Lipinski definition) is 1. The molecule has 0 radical (unpaired) electrons. The number of carbonyl (C=O) groups is 1. The lowest BCUT2D eigenvalue weighted by Crippen LogP contribution is -2.13. The average molecular weight is 383 g/mol. The maximum atomic E-state index is 12.9. The van der Waals surface area contributed by atoms with Crippen molar-refractivity contribution in [1.29, 1.82) is 0 Å². The third-order valence-electron chi connectivity index (χ3n) is 3.41. The standard InChI is InChI=1S/C19H17F4NO3/c1-26-10-11-27-17-8-5-14(19(21,22)23)12-16(17)24-18(25)9-4-13-2-6-15(20)7-3-13/h2-9,12H,10-11H2,1H3,(H,24,25)/b9-4+. The Morgan fingerprint density at radius 3 is 2.44 bits per heavy atom. The van der Waals surface area contributed by atoms with Crippen LogP contribution in [0.15, 0.2) is 48.5 Å². The van der Waals surface area contributed by atoms with Crippen LogP contribution in [-0.2, 0) is 15.7 Å². The van der Waals surface area contributed by atoms with Crippen molar-refractivity contribution in [2.24, 2.45) is 0 Å². The van der Waals surface area contributed by atoms with E-state index in [0.29, 0.717) is 5.56 Å². The van der Waals surface area contributed by atoms with Gasteiger partial charge in [-0.2, -0.15) is 13.2 Å². The van der Waals surface area contributed by atoms with Crippen LogP contribution in [0.4, 0.5) is 23.2 Å². The Labute approximate surface area is 153 Å². The van der Waals surface area contributed by atoms with E-state index < -0.39 is 23.5 Å². The van der Waals surface area contributed by atoms with Gasteiger partial charge in [0.05, 0.1) is 17.9 Å². The van der Waals surface area contributed by atoms with Crippen LogP contribution in [0.3, 0.4) is 0 Å². The topological polar surface area (TPSA) is 47.6 Å². The number of carbonyl (C=O) groups excluding carboxylic acids is 1. The van der Waals surface area contributed by atoms with E-state index in [1.165, 1.54) is 37.5 Å². The molecule has 8 heteroatoms. The molecule has 0 atom stereocenters. The predicted octanol–water partition coefficient (Wildman–Crippen LogP) is 4.52. The predicted molar refractivity (Wildman–Crippen MR) is 92.9 cm³/mol. The minimum absolute atomic E-state index is 0.0867. The minimum atomic E-state index is -4.56. The summed E-state index contributed by atoms with van der Waals surface area (Å²) < 4.78 is 61.8. The second-order valence-electron chi connectivity index (χ2n) is 5.42. The van der Waals surface area contributed by atoms with Crippen LogP contribution in [-0.4, -0.2) is 26.2 Å². The highest BCUT2D eigenvalue weighted by atomic mass is 19.4. The lowest BCUT2D eigenvalue weighted by molar-refractivity contribution is -0.137. The molecule has 2 aromatic rings. The summed E-state index contributed by atoms with van der Waals surface area (Å²) >= 11 is 0. The number of hydrogen-bond acceptors (Lipinski definition) is 3. The summed E-state index contributed by atoms with van der Waals surface area (Å²) in [5, 5.41) is 2.37. The largest absolute Gasteiger partial charge is 0.489 e. The van der Waals surface area contributed by atoms with Crippen LogP contribution < -0.4 is 10.1 Å². The third kappa shape index (κ3) is 6.41. The quantitative estimate of drug-likeness (QED) is 0.434. The van der Waals surface area contributed by atoms with Crippen LogP contribution in [0.5, 0.6) is 5.75 Å². The molecule has 0 saturated heterocycles. The van der Waals surface area contributed by atoms with Gasteiger partial charge >= 0.3 is 6.18 Å². The molecule has 2 rings (SSSR count). The highest BCUT2D eigenvalue weighted by molar-refractivity contribution is 6.02. The van der Waals surface area contributed by atoms with E-state index in [-0.39, 0.29) is 24.7 Å². The molecule has 0 aliphatic rings. The summed E-state index contributed by atoms with van der Waals surface area (Å²) in [5.41, 5.74) is -0.471. The first-order chi connectivity index (χ1) is 12.8. The molecule has 0 bridgehead atoms. The number of ether oxygens (including phenoxy) is 2. The van der Waals surface area contributed by atoms with Crippen molar-refractivity contribution in [2.45, 2.75) is 6.18 Å². The van der Waals surface area contributed by atoms with E-state index >= 15 is 0 Å². The first kappa shape index (κ1) is 20.4. The number of benzene rings is 2. The van der Waals surface area contributed by atoms with Crippen LogP contribution in [0.1, 0.15) is 11.1 Å². The van der Waals surface area contributed by atoms with Crippen molar-refractivity contribution in [3.05, 3.63) is 65.5 Å². The van der Waals surface area contributed by atoms with Gasteiger partial charge in [-0.1, -0.05) is 12.1 Å². The van der Waals surface area contributed by atoms with Gasteiger partial charge in [-0.05, 0) is 42.0 Å². The van der Waals surface area contributed by atoms with Gasteiger partial charge in [0.2, 0.25) is 5.91 Å². The van der Waals surface area contributed by atoms with Gasteiger partial charge in [-0.3, -0.25) is 4.79 Å². The molecule has 1 amide bonds. The van der Waals surface area contributed by atoms with Crippen molar-refractivity contribution in [3.8, 4) is 5.75 Å². The van der Waals surface area contributed by atoms with Gasteiger partial charge in [0.25, 0.3) is 0 Å². The maximum Gasteiger partial charge on any atom is 0.416 e. The Hall–Kier alpha value is -2.87. The van der Waals surface area contributed by atoms with Crippen LogP contribution in [0.2, 0.25) is 0 Å². The van der Waals surface area contributed by atoms with E-state index in [0.717, 1.165) is 24.3 Å². The maximum absolute atomic E-state index is 12.9. The molecule has 4 nitrogen and oxygen atoms in total. The molecule has 0 spiro atoms. The third-order valence-corrected chi connectivity index (χ3v) is 3.41. The normalized spacial score (nSPS) is 11.6. The van der Waals surface area contributed by atoms with Crippen LogP contribution in [0.25, 0.3) is 6.08 Å². The van der Waals surface area contributed by atoms with Crippen molar-refractivity contribution in [1.82, 2.24) is 0 Å². The summed E-state index contributed by atoms with van der Waals surface area (Å²) in [6, 6.07) is 8.18. The summed E-state index contributed by atoms with van der Waals surface area (Å²) in [4.78, 5) is 12.1. The monoisotopic (exact) mass is 383 g/mol. The van der Waals surface area contributed by atoms with E-state index in [1.54, 1.807) is 0 Å². The molecule has 1 N–H and O–H groups in total. The molecule has 0 fully saturated rings. The Balaban J connectivity index is 2.17. The van der Waals surface area contributed by atoms with Crippen molar-refractivity contribution in [2.75, 3.05) is 25.6 Å². The van der Waals surface area contributed by atoms with Crippen molar-refractivity contribution >= 4 is 17.7 Å². The Kier molecular flexibility index (Phi) is 6.95. The second kappa shape index (κ2) is 9.18. The molecule has 0 aromatic heterocycles. The van der Waals surface area contributed by atoms with Crippen LogP contribution in [0, 0.1) is 5.82 Å². The fourth-order valence-corrected chi connectivity index (χ4v) is 2.09. The minimum Gasteiger partial charge on any atom is -0.489 e. The summed E-state index contributed by atoms with van der Waals surface area (Å²) in [7, 11) is 1.46. The second-order valence-corrected chi connectivity index (χ2v) is 5.42. The molecule has 0 heterocycles. The lowest BCUT2D eigenvalue weighted by Gasteiger charge is -2.14. The molecule has 27 heavy (non-hydrogen) atoms. The fraction of sp³-hybridized carbons (Fsp3) is 0.211. The molecule has 144 valence electrons. The van der Waals surface area contributed by atoms with Gasteiger partial charge in [0.1, 0.15) is 18.2 Å². The van der Waals surface area contributed by atoms with Gasteiger partial charge in [0, 0.05) is 13.2 Å². The number of nitrogens with one attached hydrogen (secondary N) is 1. The molecule has 0 saturated carbocycles. The van der Waals surface area contributed by atoms with Gasteiger partial charge in [-0.25, -0.2) is 4.39 Å². The number of alkyl halides is 3. The zero-order valence-corrected chi connectivity index (χ0v) is 14.3. The zero-order chi connectivity index (χ0) is 19.9. The fourth-order valence-electron chi connectivity index (χ4n) is 2.09. The van der Waals surface area contributed by atoms with E-state index in [9.17, 15) is 22.4 Å². The smallest absolute Gasteiger partial charge is 0.416 e. The lowest BCUT2D eigenvalue weighted by atomic mass is 10.1. The highest BCUT2D eigenvalue weighted by Crippen LogP contribution is 2.35. The average Bonchev–Trinajstić information content (AvgIpc) is 2.62. The SMILES string of the molecule is COCCOc1ccc(C(F)(F)F)cc1NC(=O)/C=C/c1ccc(F)cc1. The van der Waals surface area contributed by atoms with Crippen molar-refractivity contribution in [3.63, 3.8) is 0 Å². The molecular formula is C19H17F4NO3. The van der Waals surface area contributed by atoms with Gasteiger partial charge in [0.15, 0.2) is 0 Å².